The van der Waals surface area contributed by atoms with Crippen LogP contribution in [0.1, 0.15) is 29.0 Å². The Balaban J connectivity index is 1.97. The van der Waals surface area contributed by atoms with Crippen LogP contribution in [0, 0.1) is 6.92 Å². The Bertz CT molecular complexity index is 459. The Labute approximate surface area is 110 Å². The van der Waals surface area contributed by atoms with E-state index in [-0.39, 0.29) is 0 Å². The second kappa shape index (κ2) is 6.36. The molecular formula is C17H21N. The van der Waals surface area contributed by atoms with Crippen molar-refractivity contribution in [1.29, 1.82) is 0 Å². The van der Waals surface area contributed by atoms with Crippen LogP contribution in [0.2, 0.25) is 0 Å². The van der Waals surface area contributed by atoms with E-state index in [1.54, 1.807) is 0 Å². The molecule has 2 N–H and O–H groups in total. The van der Waals surface area contributed by atoms with Gasteiger partial charge in [-0.3, -0.25) is 0 Å². The Morgan fingerprint density at radius 3 is 2.22 bits per heavy atom. The highest BCUT2D eigenvalue weighted by atomic mass is 14.5. The van der Waals surface area contributed by atoms with Crippen LogP contribution in [0.25, 0.3) is 0 Å². The average molecular weight is 239 g/mol. The van der Waals surface area contributed by atoms with Gasteiger partial charge >= 0.3 is 0 Å². The van der Waals surface area contributed by atoms with Crippen LogP contribution in [0.15, 0.2) is 54.6 Å². The first-order valence-electron chi connectivity index (χ1n) is 6.60. The molecule has 2 aromatic rings. The van der Waals surface area contributed by atoms with E-state index in [9.17, 15) is 0 Å². The van der Waals surface area contributed by atoms with Gasteiger partial charge in [-0.1, -0.05) is 60.2 Å². The standard InChI is InChI=1S/C17H21N/c1-14-7-9-15(10-8-14)11-12-17(13-18)16-5-3-2-4-6-16/h2-10,17H,11-13,18H2,1H3. The summed E-state index contributed by atoms with van der Waals surface area (Å²) in [5, 5.41) is 0. The van der Waals surface area contributed by atoms with E-state index < -0.39 is 0 Å². The first-order chi connectivity index (χ1) is 8.79. The molecule has 1 heteroatoms. The number of hydrogen-bond acceptors (Lipinski definition) is 1. The Kier molecular flexibility index (Phi) is 4.54. The van der Waals surface area contributed by atoms with E-state index in [1.165, 1.54) is 16.7 Å². The molecule has 1 atom stereocenters. The summed E-state index contributed by atoms with van der Waals surface area (Å²) in [5.41, 5.74) is 9.96. The Morgan fingerprint density at radius 2 is 1.61 bits per heavy atom. The molecule has 0 radical (unpaired) electrons. The Morgan fingerprint density at radius 1 is 0.944 bits per heavy atom. The molecule has 0 saturated carbocycles. The smallest absolute Gasteiger partial charge is 0.000812 e. The van der Waals surface area contributed by atoms with Crippen molar-refractivity contribution in [1.82, 2.24) is 0 Å². The molecule has 0 bridgehead atoms. The maximum Gasteiger partial charge on any atom is -0.000812 e. The number of nitrogens with two attached hydrogens (primary N) is 1. The molecule has 1 unspecified atom stereocenters. The lowest BCUT2D eigenvalue weighted by molar-refractivity contribution is 0.634. The fourth-order valence-electron chi connectivity index (χ4n) is 2.24. The summed E-state index contributed by atoms with van der Waals surface area (Å²) >= 11 is 0. The van der Waals surface area contributed by atoms with Crippen LogP contribution in [0.4, 0.5) is 0 Å². The van der Waals surface area contributed by atoms with Gasteiger partial charge in [0.15, 0.2) is 0 Å². The maximum atomic E-state index is 5.89. The summed E-state index contributed by atoms with van der Waals surface area (Å²) in [6.45, 7) is 2.84. The van der Waals surface area contributed by atoms with Crippen molar-refractivity contribution in [2.75, 3.05) is 6.54 Å². The number of aryl methyl sites for hydroxylation is 2. The van der Waals surface area contributed by atoms with Gasteiger partial charge in [-0.2, -0.15) is 0 Å². The highest BCUT2D eigenvalue weighted by Gasteiger charge is 2.09. The molecule has 0 spiro atoms. The summed E-state index contributed by atoms with van der Waals surface area (Å²) < 4.78 is 0. The summed E-state index contributed by atoms with van der Waals surface area (Å²) in [7, 11) is 0. The van der Waals surface area contributed by atoms with Crippen LogP contribution in [-0.4, -0.2) is 6.54 Å². The van der Waals surface area contributed by atoms with Crippen molar-refractivity contribution in [2.45, 2.75) is 25.7 Å². The number of hydrogen-bond donors (Lipinski definition) is 1. The number of rotatable bonds is 5. The lowest BCUT2D eigenvalue weighted by Crippen LogP contribution is -2.13. The van der Waals surface area contributed by atoms with E-state index in [2.05, 4.69) is 61.5 Å². The minimum absolute atomic E-state index is 0.465. The quantitative estimate of drug-likeness (QED) is 0.846. The van der Waals surface area contributed by atoms with E-state index in [1.807, 2.05) is 0 Å². The summed E-state index contributed by atoms with van der Waals surface area (Å²) in [6.07, 6.45) is 2.21. The molecule has 1 nitrogen and oxygen atoms in total. The lowest BCUT2D eigenvalue weighted by Gasteiger charge is -2.15. The second-order valence-electron chi connectivity index (χ2n) is 4.87. The normalized spacial score (nSPS) is 12.3. The molecule has 0 fully saturated rings. The zero-order valence-electron chi connectivity index (χ0n) is 11.0. The minimum atomic E-state index is 0.465. The fraction of sp³-hybridized carbons (Fsp3) is 0.294. The number of benzene rings is 2. The lowest BCUT2D eigenvalue weighted by atomic mass is 9.92. The van der Waals surface area contributed by atoms with E-state index in [4.69, 9.17) is 5.73 Å². The SMILES string of the molecule is Cc1ccc(CCC(CN)c2ccccc2)cc1. The van der Waals surface area contributed by atoms with Crippen LogP contribution < -0.4 is 5.73 Å². The van der Waals surface area contributed by atoms with Crippen LogP contribution in [-0.2, 0) is 6.42 Å². The molecule has 18 heavy (non-hydrogen) atoms. The summed E-state index contributed by atoms with van der Waals surface area (Å²) in [5.74, 6) is 0.465. The van der Waals surface area contributed by atoms with Crippen LogP contribution >= 0.6 is 0 Å². The largest absolute Gasteiger partial charge is 0.330 e. The molecule has 0 aromatic heterocycles. The van der Waals surface area contributed by atoms with Gasteiger partial charge in [-0.25, -0.2) is 0 Å². The third kappa shape index (κ3) is 3.44. The molecule has 0 heterocycles. The molecule has 0 saturated heterocycles. The van der Waals surface area contributed by atoms with Gasteiger partial charge < -0.3 is 5.73 Å². The molecule has 0 aliphatic carbocycles. The maximum absolute atomic E-state index is 5.89. The van der Waals surface area contributed by atoms with Crippen molar-refractivity contribution in [3.05, 3.63) is 71.3 Å². The minimum Gasteiger partial charge on any atom is -0.330 e. The van der Waals surface area contributed by atoms with Crippen molar-refractivity contribution < 1.29 is 0 Å². The predicted octanol–water partition coefficient (Wildman–Crippen LogP) is 3.67. The van der Waals surface area contributed by atoms with Gasteiger partial charge in [0.05, 0.1) is 0 Å². The highest BCUT2D eigenvalue weighted by Crippen LogP contribution is 2.20. The highest BCUT2D eigenvalue weighted by molar-refractivity contribution is 5.23. The van der Waals surface area contributed by atoms with E-state index in [0.717, 1.165) is 19.4 Å². The van der Waals surface area contributed by atoms with Crippen molar-refractivity contribution >= 4 is 0 Å². The van der Waals surface area contributed by atoms with Crippen molar-refractivity contribution in [3.63, 3.8) is 0 Å². The summed E-state index contributed by atoms with van der Waals surface area (Å²) in [6, 6.07) is 19.4. The van der Waals surface area contributed by atoms with Gasteiger partial charge in [-0.05, 0) is 43.4 Å². The predicted molar refractivity (Wildman–Crippen MR) is 77.7 cm³/mol. The Hall–Kier alpha value is -1.60. The topological polar surface area (TPSA) is 26.0 Å². The van der Waals surface area contributed by atoms with E-state index in [0.29, 0.717) is 5.92 Å². The molecular weight excluding hydrogens is 218 g/mol. The first-order valence-corrected chi connectivity index (χ1v) is 6.60. The molecule has 2 aromatic carbocycles. The van der Waals surface area contributed by atoms with Gasteiger partial charge in [0.2, 0.25) is 0 Å². The molecule has 2 rings (SSSR count). The van der Waals surface area contributed by atoms with E-state index >= 15 is 0 Å². The van der Waals surface area contributed by atoms with Gasteiger partial charge in [0.1, 0.15) is 0 Å². The molecule has 0 aliphatic rings. The van der Waals surface area contributed by atoms with Crippen molar-refractivity contribution in [2.24, 2.45) is 5.73 Å². The second-order valence-corrected chi connectivity index (χ2v) is 4.87. The average Bonchev–Trinajstić information content (AvgIpc) is 2.43. The van der Waals surface area contributed by atoms with Gasteiger partial charge in [-0.15, -0.1) is 0 Å². The zero-order valence-corrected chi connectivity index (χ0v) is 11.0. The first kappa shape index (κ1) is 12.8. The zero-order chi connectivity index (χ0) is 12.8. The third-order valence-electron chi connectivity index (χ3n) is 3.46. The third-order valence-corrected chi connectivity index (χ3v) is 3.46. The molecule has 0 aliphatic heterocycles. The van der Waals surface area contributed by atoms with Crippen LogP contribution in [0.3, 0.4) is 0 Å². The fourth-order valence-corrected chi connectivity index (χ4v) is 2.24. The van der Waals surface area contributed by atoms with Crippen molar-refractivity contribution in [3.8, 4) is 0 Å². The molecule has 0 amide bonds. The molecule has 94 valence electrons. The monoisotopic (exact) mass is 239 g/mol. The van der Waals surface area contributed by atoms with Crippen LogP contribution in [0.5, 0.6) is 0 Å². The van der Waals surface area contributed by atoms with Gasteiger partial charge in [0, 0.05) is 0 Å². The van der Waals surface area contributed by atoms with Gasteiger partial charge in [0.25, 0.3) is 0 Å². The summed E-state index contributed by atoms with van der Waals surface area (Å²) in [4.78, 5) is 0.